The van der Waals surface area contributed by atoms with Crippen LogP contribution in [0.4, 0.5) is 0 Å². The largest absolute Gasteiger partial charge is 0.383 e. The first-order valence-corrected chi connectivity index (χ1v) is 11.1. The zero-order valence-electron chi connectivity index (χ0n) is 17.5. The van der Waals surface area contributed by atoms with Crippen LogP contribution >= 0.6 is 23.1 Å². The van der Waals surface area contributed by atoms with Crippen LogP contribution in [0.2, 0.25) is 0 Å². The monoisotopic (exact) mass is 417 g/mol. The molecule has 0 saturated heterocycles. The van der Waals surface area contributed by atoms with Crippen LogP contribution in [0.1, 0.15) is 51.0 Å². The molecule has 0 amide bonds. The number of thiophene rings is 1. The fourth-order valence-corrected chi connectivity index (χ4v) is 5.84. The Morgan fingerprint density at radius 3 is 2.64 bits per heavy atom. The lowest BCUT2D eigenvalue weighted by Crippen LogP contribution is -2.14. The minimum atomic E-state index is 0.128. The molecule has 3 aromatic heterocycles. The number of ether oxygens (including phenoxy) is 1. The highest BCUT2D eigenvalue weighted by Crippen LogP contribution is 2.35. The lowest BCUT2D eigenvalue weighted by Gasteiger charge is -2.17. The van der Waals surface area contributed by atoms with E-state index in [0.717, 1.165) is 38.0 Å². The number of ketones is 1. The molecule has 0 N–H and O–H groups in total. The Balaban J connectivity index is 1.86. The fourth-order valence-electron chi connectivity index (χ4n) is 3.68. The van der Waals surface area contributed by atoms with Crippen LogP contribution in [0.3, 0.4) is 0 Å². The first-order valence-electron chi connectivity index (χ1n) is 9.32. The summed E-state index contributed by atoms with van der Waals surface area (Å²) in [6.07, 6.45) is 0. The van der Waals surface area contributed by atoms with Crippen LogP contribution in [0, 0.1) is 34.6 Å². The second-order valence-electron chi connectivity index (χ2n) is 7.21. The third kappa shape index (κ3) is 3.88. The van der Waals surface area contributed by atoms with Gasteiger partial charge in [0, 0.05) is 34.3 Å². The van der Waals surface area contributed by atoms with Gasteiger partial charge >= 0.3 is 0 Å². The molecule has 7 heteroatoms. The number of hydrogen-bond acceptors (Lipinski definition) is 6. The summed E-state index contributed by atoms with van der Waals surface area (Å²) in [5, 5.41) is 1.99. The summed E-state index contributed by atoms with van der Waals surface area (Å²) in [6.45, 7) is 12.9. The number of fused-ring (bicyclic) bond motifs is 1. The molecular weight excluding hydrogens is 390 g/mol. The first kappa shape index (κ1) is 21.0. The third-order valence-corrected chi connectivity index (χ3v) is 7.16. The molecule has 5 nitrogen and oxygen atoms in total. The number of aryl methyl sites for hydroxylation is 4. The van der Waals surface area contributed by atoms with Crippen molar-refractivity contribution >= 4 is 39.1 Å². The number of Topliss-reactive ketones (excluding diaryl/α,β-unsaturated/α-hetero) is 1. The highest BCUT2D eigenvalue weighted by molar-refractivity contribution is 8.00. The molecule has 0 fully saturated rings. The van der Waals surface area contributed by atoms with E-state index in [1.807, 2.05) is 26.8 Å². The Morgan fingerprint density at radius 1 is 1.25 bits per heavy atom. The summed E-state index contributed by atoms with van der Waals surface area (Å²) in [7, 11) is 1.70. The zero-order chi connectivity index (χ0) is 20.6. The standard InChI is InChI=1S/C21H27N3O2S2/c1-11-8-17(14(4)24(11)12(2)9-26-7)18(25)10-27-20-19-13(3)15(5)28-21(19)23-16(6)22-20/h8,12H,9-10H2,1-7H3. The number of thioether (sulfide) groups is 1. The maximum Gasteiger partial charge on any atom is 0.174 e. The molecular formula is C21H27N3O2S2. The van der Waals surface area contributed by atoms with Crippen molar-refractivity contribution in [1.29, 1.82) is 0 Å². The van der Waals surface area contributed by atoms with Crippen molar-refractivity contribution in [3.63, 3.8) is 0 Å². The van der Waals surface area contributed by atoms with E-state index >= 15 is 0 Å². The summed E-state index contributed by atoms with van der Waals surface area (Å²) < 4.78 is 7.47. The SMILES string of the molecule is COCC(C)n1c(C)cc(C(=O)CSc2nc(C)nc3sc(C)c(C)c23)c1C. The quantitative estimate of drug-likeness (QED) is 0.300. The van der Waals surface area contributed by atoms with Crippen molar-refractivity contribution in [3.05, 3.63) is 39.3 Å². The van der Waals surface area contributed by atoms with Crippen LogP contribution < -0.4 is 0 Å². The van der Waals surface area contributed by atoms with Crippen molar-refractivity contribution in [3.8, 4) is 0 Å². The Labute approximate surface area is 174 Å². The van der Waals surface area contributed by atoms with Crippen LogP contribution in [0.25, 0.3) is 10.2 Å². The van der Waals surface area contributed by atoms with Gasteiger partial charge in [-0.05, 0) is 53.2 Å². The molecule has 28 heavy (non-hydrogen) atoms. The van der Waals surface area contributed by atoms with E-state index in [0.29, 0.717) is 12.4 Å². The fraction of sp³-hybridized carbons (Fsp3) is 0.476. The topological polar surface area (TPSA) is 57.0 Å². The van der Waals surface area contributed by atoms with Gasteiger partial charge in [-0.1, -0.05) is 11.8 Å². The van der Waals surface area contributed by atoms with Gasteiger partial charge in [-0.3, -0.25) is 4.79 Å². The van der Waals surface area contributed by atoms with E-state index in [1.54, 1.807) is 18.4 Å². The Hall–Kier alpha value is -1.70. The second-order valence-corrected chi connectivity index (χ2v) is 9.38. The van der Waals surface area contributed by atoms with Gasteiger partial charge in [-0.25, -0.2) is 9.97 Å². The van der Waals surface area contributed by atoms with Gasteiger partial charge in [0.05, 0.1) is 18.4 Å². The van der Waals surface area contributed by atoms with Gasteiger partial charge in [-0.2, -0.15) is 0 Å². The molecule has 0 aliphatic carbocycles. The number of rotatable bonds is 7. The molecule has 0 saturated carbocycles. The third-order valence-electron chi connectivity index (χ3n) is 5.08. The predicted octanol–water partition coefficient (Wildman–Crippen LogP) is 5.22. The molecule has 1 unspecified atom stereocenters. The van der Waals surface area contributed by atoms with E-state index in [-0.39, 0.29) is 11.8 Å². The van der Waals surface area contributed by atoms with Gasteiger partial charge in [0.2, 0.25) is 0 Å². The van der Waals surface area contributed by atoms with Gasteiger partial charge in [0.25, 0.3) is 0 Å². The number of methoxy groups -OCH3 is 1. The number of carbonyl (C=O) groups excluding carboxylic acids is 1. The lowest BCUT2D eigenvalue weighted by molar-refractivity contribution is 0.102. The molecule has 3 heterocycles. The summed E-state index contributed by atoms with van der Waals surface area (Å²) in [6, 6.07) is 2.19. The van der Waals surface area contributed by atoms with Crippen molar-refractivity contribution in [2.45, 2.75) is 52.6 Å². The lowest BCUT2D eigenvalue weighted by atomic mass is 10.2. The average molecular weight is 418 g/mol. The van der Waals surface area contributed by atoms with Crippen molar-refractivity contribution in [2.75, 3.05) is 19.5 Å². The highest BCUT2D eigenvalue weighted by atomic mass is 32.2. The molecule has 3 rings (SSSR count). The van der Waals surface area contributed by atoms with Crippen molar-refractivity contribution in [1.82, 2.24) is 14.5 Å². The smallest absolute Gasteiger partial charge is 0.174 e. The van der Waals surface area contributed by atoms with Crippen LogP contribution in [-0.2, 0) is 4.74 Å². The Bertz CT molecular complexity index is 1040. The molecule has 0 aromatic carbocycles. The van der Waals surface area contributed by atoms with E-state index in [1.165, 1.54) is 22.2 Å². The normalized spacial score (nSPS) is 12.7. The zero-order valence-corrected chi connectivity index (χ0v) is 19.2. The van der Waals surface area contributed by atoms with E-state index in [2.05, 4.69) is 35.3 Å². The minimum absolute atomic E-state index is 0.128. The summed E-state index contributed by atoms with van der Waals surface area (Å²) in [5.41, 5.74) is 4.08. The van der Waals surface area contributed by atoms with E-state index < -0.39 is 0 Å². The number of nitrogens with zero attached hydrogens (tertiary/aromatic N) is 3. The van der Waals surface area contributed by atoms with Gasteiger partial charge in [-0.15, -0.1) is 11.3 Å². The molecule has 150 valence electrons. The molecule has 0 aliphatic heterocycles. The Kier molecular flexibility index (Phi) is 6.27. The van der Waals surface area contributed by atoms with E-state index in [4.69, 9.17) is 4.74 Å². The maximum absolute atomic E-state index is 13.0. The molecule has 0 radical (unpaired) electrons. The Morgan fingerprint density at radius 2 is 1.96 bits per heavy atom. The second kappa shape index (κ2) is 8.35. The summed E-state index contributed by atoms with van der Waals surface area (Å²) in [4.78, 5) is 24.4. The molecule has 3 aromatic rings. The number of carbonyl (C=O) groups is 1. The van der Waals surface area contributed by atoms with E-state index in [9.17, 15) is 4.79 Å². The molecule has 0 aliphatic rings. The van der Waals surface area contributed by atoms with Crippen molar-refractivity contribution in [2.24, 2.45) is 0 Å². The molecule has 0 bridgehead atoms. The number of aromatic nitrogens is 3. The van der Waals surface area contributed by atoms with Crippen molar-refractivity contribution < 1.29 is 9.53 Å². The predicted molar refractivity (Wildman–Crippen MR) is 117 cm³/mol. The van der Waals surface area contributed by atoms with Crippen LogP contribution in [0.5, 0.6) is 0 Å². The minimum Gasteiger partial charge on any atom is -0.383 e. The summed E-state index contributed by atoms with van der Waals surface area (Å²) in [5.74, 6) is 1.24. The average Bonchev–Trinajstić information content (AvgIpc) is 3.08. The maximum atomic E-state index is 13.0. The first-order chi connectivity index (χ1) is 13.2. The van der Waals surface area contributed by atoms with Gasteiger partial charge in [0.1, 0.15) is 15.7 Å². The highest BCUT2D eigenvalue weighted by Gasteiger charge is 2.20. The molecule has 1 atom stereocenters. The summed E-state index contributed by atoms with van der Waals surface area (Å²) >= 11 is 3.20. The number of hydrogen-bond donors (Lipinski definition) is 0. The van der Waals surface area contributed by atoms with Gasteiger partial charge in [0.15, 0.2) is 5.78 Å². The van der Waals surface area contributed by atoms with Crippen LogP contribution in [-0.4, -0.2) is 39.8 Å². The molecule has 0 spiro atoms. The van der Waals surface area contributed by atoms with Gasteiger partial charge < -0.3 is 9.30 Å². The van der Waals surface area contributed by atoms with Crippen LogP contribution in [0.15, 0.2) is 11.1 Å².